The molecule has 1 aromatic heterocycles. The van der Waals surface area contributed by atoms with E-state index in [4.69, 9.17) is 0 Å². The largest absolute Gasteiger partial charge is 0.252 e. The molecule has 0 aliphatic carbocycles. The zero-order chi connectivity index (χ0) is 7.40. The lowest BCUT2D eigenvalue weighted by Gasteiger charge is -1.88. The van der Waals surface area contributed by atoms with Gasteiger partial charge in [-0.3, -0.25) is 4.98 Å². The van der Waals surface area contributed by atoms with Crippen molar-refractivity contribution >= 4 is 41.3 Å². The third-order valence-corrected chi connectivity index (χ3v) is 1.84. The fourth-order valence-electron chi connectivity index (χ4n) is 0.610. The van der Waals surface area contributed by atoms with E-state index in [1.165, 1.54) is 0 Å². The van der Waals surface area contributed by atoms with Gasteiger partial charge < -0.3 is 0 Å². The van der Waals surface area contributed by atoms with Gasteiger partial charge in [-0.15, -0.1) is 0 Å². The first-order valence-corrected chi connectivity index (χ1v) is 4.52. The molecule has 0 unspecified atom stereocenters. The highest BCUT2D eigenvalue weighted by molar-refractivity contribution is 14.1. The molecule has 0 saturated heterocycles. The predicted molar refractivity (Wildman–Crippen MR) is 55.7 cm³/mol. The van der Waals surface area contributed by atoms with Crippen LogP contribution in [0.4, 0.5) is 0 Å². The Bertz CT molecular complexity index is 247. The van der Waals surface area contributed by atoms with E-state index in [0.717, 1.165) is 10.6 Å². The summed E-state index contributed by atoms with van der Waals surface area (Å²) in [7, 11) is 0. The lowest BCUT2D eigenvalue weighted by molar-refractivity contribution is 1.21. The Balaban J connectivity index is 3.03. The number of hydrogen-bond donors (Lipinski definition) is 0. The number of pyridine rings is 1. The molecule has 1 nitrogen and oxygen atoms in total. The number of rotatable bonds is 1. The average Bonchev–Trinajstić information content (AvgIpc) is 1.94. The van der Waals surface area contributed by atoms with Crippen LogP contribution in [0.25, 0.3) is 6.08 Å². The van der Waals surface area contributed by atoms with Crippen LogP contribution in [0, 0.1) is 0 Å². The van der Waals surface area contributed by atoms with Crippen molar-refractivity contribution in [2.24, 2.45) is 0 Å². The topological polar surface area (TPSA) is 12.9 Å². The zero-order valence-electron chi connectivity index (χ0n) is 5.21. The first kappa shape index (κ1) is 8.07. The van der Waals surface area contributed by atoms with Gasteiger partial charge in [-0.25, -0.2) is 0 Å². The molecule has 3 heteroatoms. The minimum absolute atomic E-state index is 0.966. The lowest BCUT2D eigenvalue weighted by Crippen LogP contribution is -1.82. The van der Waals surface area contributed by atoms with Gasteiger partial charge in [-0.2, -0.15) is 0 Å². The molecule has 0 saturated carbocycles. The molecule has 1 heterocycles. The maximum atomic E-state index is 4.13. The molecule has 0 bridgehead atoms. The zero-order valence-corrected chi connectivity index (χ0v) is 8.37. The predicted octanol–water partition coefficient (Wildman–Crippen LogP) is 1.86. The summed E-state index contributed by atoms with van der Waals surface area (Å²) in [6.45, 7) is 0. The monoisotopic (exact) mass is 264 g/mol. The van der Waals surface area contributed by atoms with Gasteiger partial charge in [-0.05, 0) is 34.9 Å². The van der Waals surface area contributed by atoms with Crippen molar-refractivity contribution < 1.29 is 0 Å². The fraction of sp³-hybridized carbons (Fsp3) is 0. The maximum absolute atomic E-state index is 4.13. The van der Waals surface area contributed by atoms with Crippen LogP contribution in [0.3, 0.4) is 0 Å². The summed E-state index contributed by atoms with van der Waals surface area (Å²) in [6, 6.07) is 3.86. The fourth-order valence-corrected chi connectivity index (χ4v) is 1.19. The van der Waals surface area contributed by atoms with Crippen LogP contribution in [-0.4, -0.2) is 4.98 Å². The summed E-state index contributed by atoms with van der Waals surface area (Å²) < 4.78 is 1.93. The number of aromatic nitrogens is 1. The molecular weight excluding hydrogens is 257 g/mol. The van der Waals surface area contributed by atoms with E-state index in [1.54, 1.807) is 6.20 Å². The van der Waals surface area contributed by atoms with Gasteiger partial charge in [-0.1, -0.05) is 22.6 Å². The van der Waals surface area contributed by atoms with Gasteiger partial charge in [0, 0.05) is 6.20 Å². The second-order valence-corrected chi connectivity index (χ2v) is 2.99. The maximum Gasteiger partial charge on any atom is 0.175 e. The molecule has 1 aromatic rings. The van der Waals surface area contributed by atoms with Crippen LogP contribution in [0.1, 0.15) is 5.69 Å². The SMILES string of the molecule is [SH2+]c1cccnc1/C=C/I. The lowest BCUT2D eigenvalue weighted by atomic mass is 10.3. The Hall–Kier alpha value is -0.0300. The smallest absolute Gasteiger partial charge is 0.175 e. The molecule has 0 aromatic carbocycles. The summed E-state index contributed by atoms with van der Waals surface area (Å²) in [6.07, 6.45) is 3.72. The van der Waals surface area contributed by atoms with Gasteiger partial charge in [0.1, 0.15) is 5.69 Å². The summed E-state index contributed by atoms with van der Waals surface area (Å²) in [4.78, 5) is 5.15. The first-order valence-electron chi connectivity index (χ1n) is 2.78. The van der Waals surface area contributed by atoms with E-state index in [0.29, 0.717) is 0 Å². The molecule has 0 spiro atoms. The quantitative estimate of drug-likeness (QED) is 0.557. The molecule has 52 valence electrons. The standard InChI is InChI=1S/C7H6INS/c8-4-3-6-7(10)2-1-5-9-6/h1-5,10H/p+1/b4-3+. The molecule has 0 amide bonds. The van der Waals surface area contributed by atoms with E-state index in [-0.39, 0.29) is 0 Å². The van der Waals surface area contributed by atoms with Crippen LogP contribution in [0.15, 0.2) is 27.3 Å². The molecule has 0 N–H and O–H groups in total. The highest BCUT2D eigenvalue weighted by Gasteiger charge is 1.97. The van der Waals surface area contributed by atoms with E-state index in [2.05, 4.69) is 40.2 Å². The van der Waals surface area contributed by atoms with Gasteiger partial charge in [0.2, 0.25) is 0 Å². The Labute approximate surface area is 79.1 Å². The van der Waals surface area contributed by atoms with Crippen molar-refractivity contribution in [1.29, 1.82) is 0 Å². The van der Waals surface area contributed by atoms with Gasteiger partial charge >= 0.3 is 0 Å². The van der Waals surface area contributed by atoms with E-state index >= 15 is 0 Å². The van der Waals surface area contributed by atoms with Crippen molar-refractivity contribution in [2.45, 2.75) is 4.90 Å². The van der Waals surface area contributed by atoms with Crippen LogP contribution >= 0.6 is 22.6 Å². The Morgan fingerprint density at radius 3 is 3.00 bits per heavy atom. The summed E-state index contributed by atoms with van der Waals surface area (Å²) >= 11 is 5.59. The highest BCUT2D eigenvalue weighted by atomic mass is 127. The van der Waals surface area contributed by atoms with E-state index in [1.807, 2.05) is 22.3 Å². The Morgan fingerprint density at radius 1 is 1.60 bits per heavy atom. The van der Waals surface area contributed by atoms with Crippen LogP contribution in [0.5, 0.6) is 0 Å². The van der Waals surface area contributed by atoms with Gasteiger partial charge in [0.25, 0.3) is 0 Å². The third kappa shape index (κ3) is 1.98. The molecular formula is C7H7INS+. The van der Waals surface area contributed by atoms with Gasteiger partial charge in [0.05, 0.1) is 0 Å². The Kier molecular flexibility index (Phi) is 3.21. The van der Waals surface area contributed by atoms with Gasteiger partial charge in [0.15, 0.2) is 4.90 Å². The van der Waals surface area contributed by atoms with Crippen molar-refractivity contribution in [2.75, 3.05) is 0 Å². The molecule has 0 aliphatic heterocycles. The molecule has 0 radical (unpaired) electrons. The third-order valence-electron chi connectivity index (χ3n) is 1.06. The van der Waals surface area contributed by atoms with E-state index < -0.39 is 0 Å². The molecule has 0 aliphatic rings. The summed E-state index contributed by atoms with van der Waals surface area (Å²) in [5.41, 5.74) is 0.966. The second kappa shape index (κ2) is 3.98. The first-order chi connectivity index (χ1) is 4.84. The molecule has 1 rings (SSSR count). The minimum atomic E-state index is 0.966. The number of halogens is 1. The van der Waals surface area contributed by atoms with Crippen molar-refractivity contribution in [1.82, 2.24) is 4.98 Å². The van der Waals surface area contributed by atoms with Crippen molar-refractivity contribution in [3.05, 3.63) is 28.1 Å². The molecule has 0 fully saturated rings. The second-order valence-electron chi connectivity index (χ2n) is 1.73. The van der Waals surface area contributed by atoms with Crippen LogP contribution in [-0.2, 0) is 12.6 Å². The summed E-state index contributed by atoms with van der Waals surface area (Å²) in [5, 5.41) is 0. The number of nitrogens with zero attached hydrogens (tertiary/aromatic N) is 1. The van der Waals surface area contributed by atoms with E-state index in [9.17, 15) is 0 Å². The van der Waals surface area contributed by atoms with Crippen LogP contribution in [0.2, 0.25) is 0 Å². The number of hydrogen-bond acceptors (Lipinski definition) is 1. The average molecular weight is 264 g/mol. The van der Waals surface area contributed by atoms with Crippen molar-refractivity contribution in [3.63, 3.8) is 0 Å². The molecule has 10 heavy (non-hydrogen) atoms. The van der Waals surface area contributed by atoms with Crippen molar-refractivity contribution in [3.8, 4) is 0 Å². The minimum Gasteiger partial charge on any atom is -0.252 e. The normalized spacial score (nSPS) is 10.6. The Morgan fingerprint density at radius 2 is 2.40 bits per heavy atom. The molecule has 0 atom stereocenters. The van der Waals surface area contributed by atoms with Crippen LogP contribution < -0.4 is 0 Å². The summed E-state index contributed by atoms with van der Waals surface area (Å²) in [5.74, 6) is 0. The highest BCUT2D eigenvalue weighted by Crippen LogP contribution is 2.06.